The summed E-state index contributed by atoms with van der Waals surface area (Å²) in [5, 5.41) is 8.48. The molecule has 0 unspecified atom stereocenters. The van der Waals surface area contributed by atoms with Gasteiger partial charge in [-0.3, -0.25) is 0 Å². The first kappa shape index (κ1) is 14.9. The standard InChI is InChI=1S/C10H12F3NO3S/c11-10(12,13)9-4-2-1-3-8(9)7-14-18(16,17)6-5-15/h1-4,14-15H,5-7H2. The van der Waals surface area contributed by atoms with Gasteiger partial charge in [0.25, 0.3) is 0 Å². The van der Waals surface area contributed by atoms with Gasteiger partial charge < -0.3 is 5.11 Å². The van der Waals surface area contributed by atoms with E-state index in [1.165, 1.54) is 18.2 Å². The number of nitrogens with one attached hydrogen (secondary N) is 1. The van der Waals surface area contributed by atoms with E-state index in [-0.39, 0.29) is 5.56 Å². The van der Waals surface area contributed by atoms with Gasteiger partial charge in [-0.1, -0.05) is 18.2 Å². The second kappa shape index (κ2) is 5.68. The number of aliphatic hydroxyl groups is 1. The van der Waals surface area contributed by atoms with Gasteiger partial charge in [0, 0.05) is 6.54 Å². The Kier molecular flexibility index (Phi) is 4.71. The number of benzene rings is 1. The Balaban J connectivity index is 2.86. The molecule has 0 heterocycles. The molecule has 0 bridgehead atoms. The first-order valence-electron chi connectivity index (χ1n) is 4.99. The molecule has 0 aliphatic carbocycles. The molecule has 0 saturated heterocycles. The lowest BCUT2D eigenvalue weighted by atomic mass is 10.1. The molecular weight excluding hydrogens is 271 g/mol. The maximum atomic E-state index is 12.6. The molecule has 0 saturated carbocycles. The van der Waals surface area contributed by atoms with Crippen molar-refractivity contribution in [1.82, 2.24) is 4.72 Å². The van der Waals surface area contributed by atoms with Gasteiger partial charge in [0.2, 0.25) is 10.0 Å². The summed E-state index contributed by atoms with van der Waals surface area (Å²) >= 11 is 0. The number of aliphatic hydroxyl groups excluding tert-OH is 1. The predicted molar refractivity (Wildman–Crippen MR) is 59.2 cm³/mol. The van der Waals surface area contributed by atoms with Gasteiger partial charge in [-0.15, -0.1) is 0 Å². The lowest BCUT2D eigenvalue weighted by molar-refractivity contribution is -0.138. The molecule has 1 aromatic rings. The molecule has 4 nitrogen and oxygen atoms in total. The van der Waals surface area contributed by atoms with E-state index in [2.05, 4.69) is 0 Å². The lowest BCUT2D eigenvalue weighted by Gasteiger charge is -2.13. The third-order valence-electron chi connectivity index (χ3n) is 2.17. The zero-order valence-electron chi connectivity index (χ0n) is 9.24. The molecular formula is C10H12F3NO3S. The summed E-state index contributed by atoms with van der Waals surface area (Å²) in [6.07, 6.45) is -4.53. The Morgan fingerprint density at radius 2 is 1.83 bits per heavy atom. The van der Waals surface area contributed by atoms with Crippen molar-refractivity contribution < 1.29 is 26.7 Å². The molecule has 1 aromatic carbocycles. The van der Waals surface area contributed by atoms with E-state index in [4.69, 9.17) is 5.11 Å². The number of hydrogen-bond donors (Lipinski definition) is 2. The van der Waals surface area contributed by atoms with Crippen molar-refractivity contribution in [2.45, 2.75) is 12.7 Å². The fourth-order valence-corrected chi connectivity index (χ4v) is 2.09. The average molecular weight is 283 g/mol. The minimum absolute atomic E-state index is 0.161. The van der Waals surface area contributed by atoms with Gasteiger partial charge in [-0.05, 0) is 11.6 Å². The van der Waals surface area contributed by atoms with E-state index in [1.807, 2.05) is 4.72 Å². The molecule has 0 aliphatic heterocycles. The van der Waals surface area contributed by atoms with E-state index in [0.717, 1.165) is 6.07 Å². The van der Waals surface area contributed by atoms with Crippen LogP contribution in [-0.2, 0) is 22.7 Å². The summed E-state index contributed by atoms with van der Waals surface area (Å²) in [5.41, 5.74) is -1.04. The first-order valence-corrected chi connectivity index (χ1v) is 6.65. The molecule has 2 N–H and O–H groups in total. The monoisotopic (exact) mass is 283 g/mol. The molecule has 102 valence electrons. The van der Waals surface area contributed by atoms with E-state index in [0.29, 0.717) is 0 Å². The highest BCUT2D eigenvalue weighted by Crippen LogP contribution is 2.31. The van der Waals surface area contributed by atoms with Crippen molar-refractivity contribution in [2.24, 2.45) is 0 Å². The highest BCUT2D eigenvalue weighted by atomic mass is 32.2. The van der Waals surface area contributed by atoms with Crippen LogP contribution in [0.4, 0.5) is 13.2 Å². The zero-order chi connectivity index (χ0) is 13.8. The number of sulfonamides is 1. The lowest BCUT2D eigenvalue weighted by Crippen LogP contribution is -2.28. The normalized spacial score (nSPS) is 12.7. The largest absolute Gasteiger partial charge is 0.416 e. The second-order valence-electron chi connectivity index (χ2n) is 3.52. The van der Waals surface area contributed by atoms with E-state index >= 15 is 0 Å². The van der Waals surface area contributed by atoms with Crippen LogP contribution in [0.3, 0.4) is 0 Å². The van der Waals surface area contributed by atoms with Crippen molar-refractivity contribution in [3.63, 3.8) is 0 Å². The maximum Gasteiger partial charge on any atom is 0.416 e. The Morgan fingerprint density at radius 1 is 1.22 bits per heavy atom. The van der Waals surface area contributed by atoms with Crippen LogP contribution in [-0.4, -0.2) is 25.9 Å². The van der Waals surface area contributed by atoms with Gasteiger partial charge in [-0.25, -0.2) is 13.1 Å². The van der Waals surface area contributed by atoms with Gasteiger partial charge in [0.1, 0.15) is 0 Å². The Morgan fingerprint density at radius 3 is 2.39 bits per heavy atom. The first-order chi connectivity index (χ1) is 8.26. The van der Waals surface area contributed by atoms with Crippen LogP contribution in [0, 0.1) is 0 Å². The molecule has 8 heteroatoms. The molecule has 0 aliphatic rings. The number of hydrogen-bond acceptors (Lipinski definition) is 3. The molecule has 0 aromatic heterocycles. The molecule has 18 heavy (non-hydrogen) atoms. The van der Waals surface area contributed by atoms with Crippen molar-refractivity contribution in [2.75, 3.05) is 12.4 Å². The molecule has 1 rings (SSSR count). The maximum absolute atomic E-state index is 12.6. The van der Waals surface area contributed by atoms with Crippen LogP contribution in [0.5, 0.6) is 0 Å². The Bertz CT molecular complexity index is 499. The second-order valence-corrected chi connectivity index (χ2v) is 5.44. The summed E-state index contributed by atoms with van der Waals surface area (Å²) in [6, 6.07) is 4.71. The smallest absolute Gasteiger partial charge is 0.395 e. The molecule has 0 atom stereocenters. The van der Waals surface area contributed by atoms with Crippen LogP contribution in [0.1, 0.15) is 11.1 Å². The molecule has 0 amide bonds. The van der Waals surface area contributed by atoms with Crippen LogP contribution < -0.4 is 4.72 Å². The van der Waals surface area contributed by atoms with E-state index < -0.39 is 40.7 Å². The summed E-state index contributed by atoms with van der Waals surface area (Å²) in [7, 11) is -3.76. The summed E-state index contributed by atoms with van der Waals surface area (Å²) in [6.45, 7) is -1.05. The Labute approximate surface area is 102 Å². The molecule has 0 spiro atoms. The van der Waals surface area contributed by atoms with Crippen LogP contribution >= 0.6 is 0 Å². The molecule has 0 fully saturated rings. The summed E-state index contributed by atoms with van der Waals surface area (Å²) in [5.74, 6) is -0.540. The minimum Gasteiger partial charge on any atom is -0.395 e. The fourth-order valence-electron chi connectivity index (χ4n) is 1.33. The number of rotatable bonds is 5. The summed E-state index contributed by atoms with van der Waals surface area (Å²) < 4.78 is 62.2. The highest BCUT2D eigenvalue weighted by Gasteiger charge is 2.32. The van der Waals surface area contributed by atoms with Crippen molar-refractivity contribution >= 4 is 10.0 Å². The fraction of sp³-hybridized carbons (Fsp3) is 0.400. The number of alkyl halides is 3. The summed E-state index contributed by atoms with van der Waals surface area (Å²) in [4.78, 5) is 0. The minimum atomic E-state index is -4.53. The van der Waals surface area contributed by atoms with Crippen LogP contribution in [0.25, 0.3) is 0 Å². The van der Waals surface area contributed by atoms with Gasteiger partial charge in [0.05, 0.1) is 17.9 Å². The van der Waals surface area contributed by atoms with E-state index in [9.17, 15) is 21.6 Å². The topological polar surface area (TPSA) is 66.4 Å². The van der Waals surface area contributed by atoms with Crippen molar-refractivity contribution in [1.29, 1.82) is 0 Å². The molecule has 0 radical (unpaired) electrons. The SMILES string of the molecule is O=S(=O)(CCO)NCc1ccccc1C(F)(F)F. The van der Waals surface area contributed by atoms with Gasteiger partial charge in [-0.2, -0.15) is 13.2 Å². The third kappa shape index (κ3) is 4.28. The van der Waals surface area contributed by atoms with Gasteiger partial charge >= 0.3 is 6.18 Å². The zero-order valence-corrected chi connectivity index (χ0v) is 10.1. The van der Waals surface area contributed by atoms with E-state index in [1.54, 1.807) is 0 Å². The van der Waals surface area contributed by atoms with Gasteiger partial charge in [0.15, 0.2) is 0 Å². The van der Waals surface area contributed by atoms with Crippen molar-refractivity contribution in [3.8, 4) is 0 Å². The Hall–Kier alpha value is -1.12. The van der Waals surface area contributed by atoms with Crippen LogP contribution in [0.2, 0.25) is 0 Å². The highest BCUT2D eigenvalue weighted by molar-refractivity contribution is 7.89. The predicted octanol–water partition coefficient (Wildman–Crippen LogP) is 1.12. The third-order valence-corrected chi connectivity index (χ3v) is 3.47. The quantitative estimate of drug-likeness (QED) is 0.851. The van der Waals surface area contributed by atoms with Crippen molar-refractivity contribution in [3.05, 3.63) is 35.4 Å². The average Bonchev–Trinajstić information content (AvgIpc) is 2.26. The number of halogens is 3. The van der Waals surface area contributed by atoms with Crippen LogP contribution in [0.15, 0.2) is 24.3 Å².